The van der Waals surface area contributed by atoms with Crippen molar-refractivity contribution in [2.24, 2.45) is 5.92 Å². The Bertz CT molecular complexity index is 642. The molecule has 0 bridgehead atoms. The number of nitrogens with zero attached hydrogens (tertiary/aromatic N) is 2. The van der Waals surface area contributed by atoms with E-state index in [1.54, 1.807) is 20.8 Å². The van der Waals surface area contributed by atoms with Gasteiger partial charge in [0.1, 0.15) is 5.60 Å². The molecule has 1 amide bonds. The van der Waals surface area contributed by atoms with Gasteiger partial charge in [0.05, 0.1) is 16.7 Å². The summed E-state index contributed by atoms with van der Waals surface area (Å²) in [4.78, 5) is 23.5. The van der Waals surface area contributed by atoms with Gasteiger partial charge < -0.3 is 16.4 Å². The molecule has 1 aliphatic rings. The third-order valence-corrected chi connectivity index (χ3v) is 3.70. The second kappa shape index (κ2) is 8.82. The number of carbonyl (C=O) groups excluding carboxylic acids is 1. The van der Waals surface area contributed by atoms with Crippen molar-refractivity contribution < 1.29 is 49.8 Å². The van der Waals surface area contributed by atoms with Crippen LogP contribution in [0.4, 0.5) is 20.6 Å². The summed E-state index contributed by atoms with van der Waals surface area (Å²) in [5.41, 5.74) is -0.466. The summed E-state index contributed by atoms with van der Waals surface area (Å²) in [6, 6.07) is 3.66. The van der Waals surface area contributed by atoms with Gasteiger partial charge in [0.15, 0.2) is 5.82 Å². The molecule has 0 spiro atoms. The molecule has 1 N–H and O–H groups in total. The van der Waals surface area contributed by atoms with E-state index in [1.165, 1.54) is 12.1 Å². The molecule has 134 valence electrons. The quantitative estimate of drug-likeness (QED) is 0.469. The van der Waals surface area contributed by atoms with Crippen LogP contribution >= 0.6 is 0 Å². The van der Waals surface area contributed by atoms with Gasteiger partial charge in [0.25, 0.3) is 5.69 Å². The van der Waals surface area contributed by atoms with Crippen molar-refractivity contribution in [1.29, 1.82) is 0 Å². The van der Waals surface area contributed by atoms with Crippen LogP contribution in [-0.4, -0.2) is 36.3 Å². The maximum absolute atomic E-state index is 14.1. The van der Waals surface area contributed by atoms with Crippen molar-refractivity contribution in [3.05, 3.63) is 34.1 Å². The molecule has 0 radical (unpaired) electrons. The van der Waals surface area contributed by atoms with Crippen molar-refractivity contribution in [1.82, 2.24) is 5.32 Å². The molecular formula is C16H23FN3NaO4. The summed E-state index contributed by atoms with van der Waals surface area (Å²) in [7, 11) is 0. The number of benzene rings is 1. The van der Waals surface area contributed by atoms with Gasteiger partial charge in [-0.2, -0.15) is 0 Å². The number of hydrogen-bond acceptors (Lipinski definition) is 5. The van der Waals surface area contributed by atoms with Crippen LogP contribution in [0.1, 0.15) is 28.6 Å². The molecule has 0 aromatic heterocycles. The Labute approximate surface area is 169 Å². The van der Waals surface area contributed by atoms with Crippen LogP contribution in [0.2, 0.25) is 0 Å². The van der Waals surface area contributed by atoms with Gasteiger partial charge in [-0.15, -0.1) is 0 Å². The van der Waals surface area contributed by atoms with Crippen molar-refractivity contribution in [2.45, 2.75) is 32.8 Å². The van der Waals surface area contributed by atoms with E-state index >= 15 is 0 Å². The van der Waals surface area contributed by atoms with Crippen molar-refractivity contribution in [2.75, 3.05) is 24.5 Å². The summed E-state index contributed by atoms with van der Waals surface area (Å²) in [5, 5.41) is 13.4. The first-order valence-corrected chi connectivity index (χ1v) is 7.81. The minimum Gasteiger partial charge on any atom is -1.00 e. The summed E-state index contributed by atoms with van der Waals surface area (Å²) in [5.74, 6) is -0.433. The number of nitro benzene ring substituents is 1. The molecule has 25 heavy (non-hydrogen) atoms. The monoisotopic (exact) mass is 363 g/mol. The smallest absolute Gasteiger partial charge is 1.00 e. The zero-order valence-electron chi connectivity index (χ0n) is 16.0. The first-order valence-electron chi connectivity index (χ1n) is 7.81. The van der Waals surface area contributed by atoms with E-state index in [-0.39, 0.29) is 42.6 Å². The maximum atomic E-state index is 14.1. The van der Waals surface area contributed by atoms with Gasteiger partial charge in [-0.05, 0) is 39.2 Å². The summed E-state index contributed by atoms with van der Waals surface area (Å²) in [6.45, 7) is 7.03. The van der Waals surface area contributed by atoms with Crippen molar-refractivity contribution in [3.8, 4) is 0 Å². The third-order valence-electron chi connectivity index (χ3n) is 3.70. The van der Waals surface area contributed by atoms with Gasteiger partial charge in [0.2, 0.25) is 0 Å². The van der Waals surface area contributed by atoms with Gasteiger partial charge in [-0.3, -0.25) is 10.1 Å². The molecule has 0 aliphatic carbocycles. The summed E-state index contributed by atoms with van der Waals surface area (Å²) in [6.07, 6.45) is 0.328. The van der Waals surface area contributed by atoms with Crippen LogP contribution in [0.25, 0.3) is 0 Å². The topological polar surface area (TPSA) is 84.7 Å². The first kappa shape index (κ1) is 21.7. The number of rotatable bonds is 4. The van der Waals surface area contributed by atoms with E-state index in [1.807, 2.05) is 4.90 Å². The fraction of sp³-hybridized carbons (Fsp3) is 0.562. The molecule has 1 fully saturated rings. The summed E-state index contributed by atoms with van der Waals surface area (Å²) < 4.78 is 19.2. The maximum Gasteiger partial charge on any atom is 1.00 e. The van der Waals surface area contributed by atoms with Crippen LogP contribution < -0.4 is 39.8 Å². The van der Waals surface area contributed by atoms with E-state index in [0.29, 0.717) is 25.3 Å². The average Bonchev–Trinajstić information content (AvgIpc) is 2.91. The van der Waals surface area contributed by atoms with E-state index in [0.717, 1.165) is 12.5 Å². The number of alkyl carbamates (subject to hydrolysis) is 1. The molecule has 1 aliphatic heterocycles. The SMILES string of the molecule is CC(C)(C)OC(=O)NC[C@H]1CCN(c2ccc([N+](=O)[O-])cc2F)C1.[H-].[Na+]. The number of hydrogen-bond donors (Lipinski definition) is 1. The number of anilines is 1. The number of carbonyl (C=O) groups is 1. The van der Waals surface area contributed by atoms with Crippen LogP contribution in [-0.2, 0) is 4.74 Å². The average molecular weight is 363 g/mol. The normalized spacial score (nSPS) is 17.0. The first-order chi connectivity index (χ1) is 11.2. The fourth-order valence-electron chi connectivity index (χ4n) is 2.63. The number of nitro groups is 1. The molecule has 0 unspecified atom stereocenters. The van der Waals surface area contributed by atoms with E-state index in [9.17, 15) is 19.3 Å². The largest absolute Gasteiger partial charge is 1.00 e. The Kier molecular flexibility index (Phi) is 7.64. The fourth-order valence-corrected chi connectivity index (χ4v) is 2.63. The van der Waals surface area contributed by atoms with Crippen LogP contribution in [0.3, 0.4) is 0 Å². The van der Waals surface area contributed by atoms with E-state index in [2.05, 4.69) is 5.32 Å². The minimum absolute atomic E-state index is 0. The van der Waals surface area contributed by atoms with Crippen LogP contribution in [0.5, 0.6) is 0 Å². The standard InChI is InChI=1S/C16H22FN3O4.Na.H/c1-16(2,3)24-15(21)18-9-11-6-7-19(10-11)14-5-4-12(20(22)23)8-13(14)17;;/h4-5,8,11H,6-7,9-10H2,1-3H3,(H,18,21);;/q;+1;-1/t11-;;/m1../s1. The predicted molar refractivity (Wildman–Crippen MR) is 88.7 cm³/mol. The Morgan fingerprint density at radius 3 is 2.76 bits per heavy atom. The number of ether oxygens (including phenoxy) is 1. The van der Waals surface area contributed by atoms with Crippen LogP contribution in [0, 0.1) is 21.8 Å². The molecule has 1 aromatic carbocycles. The van der Waals surface area contributed by atoms with E-state index in [4.69, 9.17) is 4.74 Å². The van der Waals surface area contributed by atoms with Gasteiger partial charge in [0, 0.05) is 25.7 Å². The van der Waals surface area contributed by atoms with Crippen molar-refractivity contribution >= 4 is 17.5 Å². The van der Waals surface area contributed by atoms with Crippen LogP contribution in [0.15, 0.2) is 18.2 Å². The molecule has 1 saturated heterocycles. The number of amides is 1. The van der Waals surface area contributed by atoms with Gasteiger partial charge in [-0.25, -0.2) is 9.18 Å². The molecular weight excluding hydrogens is 340 g/mol. The number of halogens is 1. The van der Waals surface area contributed by atoms with Gasteiger partial charge in [-0.1, -0.05) is 0 Å². The van der Waals surface area contributed by atoms with E-state index < -0.39 is 22.4 Å². The third kappa shape index (κ3) is 6.45. The van der Waals surface area contributed by atoms with Gasteiger partial charge >= 0.3 is 35.7 Å². The molecule has 7 nitrogen and oxygen atoms in total. The molecule has 0 saturated carbocycles. The Morgan fingerprint density at radius 1 is 1.52 bits per heavy atom. The molecule has 9 heteroatoms. The molecule has 1 aromatic rings. The summed E-state index contributed by atoms with van der Waals surface area (Å²) >= 11 is 0. The number of non-ortho nitro benzene ring substituents is 1. The second-order valence-electron chi connectivity index (χ2n) is 6.88. The Morgan fingerprint density at radius 2 is 2.20 bits per heavy atom. The van der Waals surface area contributed by atoms with Crippen molar-refractivity contribution in [3.63, 3.8) is 0 Å². The minimum atomic E-state index is -0.621. The molecule has 1 heterocycles. The molecule has 2 rings (SSSR count). The second-order valence-corrected chi connectivity index (χ2v) is 6.88. The number of nitrogens with one attached hydrogen (secondary N) is 1. The zero-order valence-corrected chi connectivity index (χ0v) is 17.0. The molecule has 1 atom stereocenters. The Hall–Kier alpha value is -1.38. The Balaban J connectivity index is 0.00000312. The predicted octanol–water partition coefficient (Wildman–Crippen LogP) is 0.201. The zero-order chi connectivity index (χ0) is 17.9.